The molecule has 0 saturated carbocycles. The standard InChI is InChI=1S/C23H31NO3/c1-6-7-8-11-19-14-20(26)22(18-12-9-10-15(2)13-18)23(27)21(19)16(3)24(5)17(4)25/h9-10,12-14,16,26-27H,6-8,11H2,1-5H3. The molecule has 0 bridgehead atoms. The number of hydrogen-bond donors (Lipinski definition) is 2. The molecule has 2 aromatic rings. The quantitative estimate of drug-likeness (QED) is 0.647. The summed E-state index contributed by atoms with van der Waals surface area (Å²) < 4.78 is 0. The van der Waals surface area contributed by atoms with E-state index in [0.29, 0.717) is 5.56 Å². The molecule has 0 aliphatic rings. The molecule has 146 valence electrons. The highest BCUT2D eigenvalue weighted by Crippen LogP contribution is 2.45. The molecule has 1 amide bonds. The van der Waals surface area contributed by atoms with E-state index in [1.165, 1.54) is 6.92 Å². The van der Waals surface area contributed by atoms with Gasteiger partial charge in [0.25, 0.3) is 0 Å². The summed E-state index contributed by atoms with van der Waals surface area (Å²) in [4.78, 5) is 13.5. The molecular formula is C23H31NO3. The average Bonchev–Trinajstić information content (AvgIpc) is 2.60. The topological polar surface area (TPSA) is 60.8 Å². The number of aryl methyl sites for hydroxylation is 2. The van der Waals surface area contributed by atoms with E-state index in [1.54, 1.807) is 18.0 Å². The maximum atomic E-state index is 11.9. The molecule has 2 N–H and O–H groups in total. The van der Waals surface area contributed by atoms with Crippen molar-refractivity contribution in [3.63, 3.8) is 0 Å². The number of aromatic hydroxyl groups is 2. The average molecular weight is 370 g/mol. The van der Waals surface area contributed by atoms with Crippen molar-refractivity contribution in [1.82, 2.24) is 4.90 Å². The molecule has 0 spiro atoms. The molecule has 0 fully saturated rings. The Bertz CT molecular complexity index is 814. The fourth-order valence-corrected chi connectivity index (χ4v) is 3.51. The second-order valence-electron chi connectivity index (χ2n) is 7.32. The number of rotatable bonds is 7. The van der Waals surface area contributed by atoms with Crippen molar-refractivity contribution in [2.45, 2.75) is 59.4 Å². The zero-order chi connectivity index (χ0) is 20.1. The smallest absolute Gasteiger partial charge is 0.219 e. The fraction of sp³-hybridized carbons (Fsp3) is 0.435. The molecule has 27 heavy (non-hydrogen) atoms. The van der Waals surface area contributed by atoms with Gasteiger partial charge in [0.05, 0.1) is 11.6 Å². The number of phenols is 2. The van der Waals surface area contributed by atoms with Gasteiger partial charge in [-0.15, -0.1) is 0 Å². The SMILES string of the molecule is CCCCCc1cc(O)c(-c2cccc(C)c2)c(O)c1C(C)N(C)C(C)=O. The summed E-state index contributed by atoms with van der Waals surface area (Å²) in [5.41, 5.74) is 3.86. The molecular weight excluding hydrogens is 338 g/mol. The molecule has 0 radical (unpaired) electrons. The van der Waals surface area contributed by atoms with Gasteiger partial charge in [-0.2, -0.15) is 0 Å². The molecule has 0 saturated heterocycles. The first-order valence-corrected chi connectivity index (χ1v) is 9.66. The number of unbranched alkanes of at least 4 members (excludes halogenated alkanes) is 2. The van der Waals surface area contributed by atoms with E-state index in [2.05, 4.69) is 6.92 Å². The zero-order valence-corrected chi connectivity index (χ0v) is 17.0. The van der Waals surface area contributed by atoms with Crippen LogP contribution in [0.4, 0.5) is 0 Å². The van der Waals surface area contributed by atoms with Crippen LogP contribution in [0.2, 0.25) is 0 Å². The van der Waals surface area contributed by atoms with Crippen molar-refractivity contribution in [2.75, 3.05) is 7.05 Å². The summed E-state index contributed by atoms with van der Waals surface area (Å²) in [6.07, 6.45) is 3.91. The molecule has 1 atom stereocenters. The number of amides is 1. The van der Waals surface area contributed by atoms with Crippen LogP contribution in [0.15, 0.2) is 30.3 Å². The third-order valence-corrected chi connectivity index (χ3v) is 5.26. The molecule has 4 heteroatoms. The van der Waals surface area contributed by atoms with Crippen LogP contribution in [0.5, 0.6) is 11.5 Å². The van der Waals surface area contributed by atoms with Crippen LogP contribution < -0.4 is 0 Å². The maximum absolute atomic E-state index is 11.9. The zero-order valence-electron chi connectivity index (χ0n) is 17.0. The van der Waals surface area contributed by atoms with Gasteiger partial charge in [0.2, 0.25) is 5.91 Å². The minimum Gasteiger partial charge on any atom is -0.507 e. The Morgan fingerprint density at radius 3 is 2.48 bits per heavy atom. The number of phenolic OH excluding ortho intramolecular Hbond substituents is 2. The summed E-state index contributed by atoms with van der Waals surface area (Å²) in [6.45, 7) is 7.55. The van der Waals surface area contributed by atoms with E-state index >= 15 is 0 Å². The first kappa shape index (κ1) is 20.8. The number of hydrogen-bond acceptors (Lipinski definition) is 3. The first-order chi connectivity index (χ1) is 12.8. The minimum atomic E-state index is -0.289. The molecule has 0 aliphatic carbocycles. The third-order valence-electron chi connectivity index (χ3n) is 5.26. The molecule has 0 heterocycles. The van der Waals surface area contributed by atoms with Crippen LogP contribution >= 0.6 is 0 Å². The van der Waals surface area contributed by atoms with Gasteiger partial charge in [-0.25, -0.2) is 0 Å². The molecule has 2 rings (SSSR count). The monoisotopic (exact) mass is 369 g/mol. The summed E-state index contributed by atoms with van der Waals surface area (Å²) >= 11 is 0. The van der Waals surface area contributed by atoms with Gasteiger partial charge >= 0.3 is 0 Å². The largest absolute Gasteiger partial charge is 0.507 e. The molecule has 4 nitrogen and oxygen atoms in total. The summed E-state index contributed by atoms with van der Waals surface area (Å²) in [6, 6.07) is 9.17. The van der Waals surface area contributed by atoms with E-state index in [1.807, 2.05) is 38.1 Å². The van der Waals surface area contributed by atoms with Crippen LogP contribution in [0.1, 0.15) is 62.8 Å². The Kier molecular flexibility index (Phi) is 6.89. The van der Waals surface area contributed by atoms with E-state index in [0.717, 1.165) is 47.9 Å². The fourth-order valence-electron chi connectivity index (χ4n) is 3.51. The Hall–Kier alpha value is -2.49. The summed E-state index contributed by atoms with van der Waals surface area (Å²) in [7, 11) is 1.74. The lowest BCUT2D eigenvalue weighted by atomic mass is 9.89. The van der Waals surface area contributed by atoms with E-state index in [9.17, 15) is 15.0 Å². The van der Waals surface area contributed by atoms with Crippen molar-refractivity contribution in [3.05, 3.63) is 47.0 Å². The third kappa shape index (κ3) is 4.62. The van der Waals surface area contributed by atoms with E-state index in [4.69, 9.17) is 0 Å². The number of benzene rings is 2. The van der Waals surface area contributed by atoms with Gasteiger partial charge in [0, 0.05) is 19.5 Å². The maximum Gasteiger partial charge on any atom is 0.219 e. The summed E-state index contributed by atoms with van der Waals surface area (Å²) in [5, 5.41) is 21.8. The predicted molar refractivity (Wildman–Crippen MR) is 110 cm³/mol. The van der Waals surface area contributed by atoms with Gasteiger partial charge in [0.15, 0.2) is 0 Å². The minimum absolute atomic E-state index is 0.0627. The highest BCUT2D eigenvalue weighted by atomic mass is 16.3. The predicted octanol–water partition coefficient (Wildman–Crippen LogP) is 5.35. The molecule has 0 aliphatic heterocycles. The van der Waals surface area contributed by atoms with E-state index < -0.39 is 0 Å². The highest BCUT2D eigenvalue weighted by molar-refractivity contribution is 5.80. The number of carbonyl (C=O) groups excluding carboxylic acids is 1. The van der Waals surface area contributed by atoms with Crippen LogP contribution in [-0.2, 0) is 11.2 Å². The lowest BCUT2D eigenvalue weighted by Crippen LogP contribution is -2.28. The second-order valence-corrected chi connectivity index (χ2v) is 7.32. The van der Waals surface area contributed by atoms with Crippen LogP contribution in [-0.4, -0.2) is 28.1 Å². The van der Waals surface area contributed by atoms with Crippen molar-refractivity contribution < 1.29 is 15.0 Å². The van der Waals surface area contributed by atoms with Crippen LogP contribution in [0, 0.1) is 6.92 Å². The van der Waals surface area contributed by atoms with Crippen LogP contribution in [0.25, 0.3) is 11.1 Å². The van der Waals surface area contributed by atoms with Crippen LogP contribution in [0.3, 0.4) is 0 Å². The molecule has 0 aromatic heterocycles. The van der Waals surface area contributed by atoms with E-state index in [-0.39, 0.29) is 23.4 Å². The van der Waals surface area contributed by atoms with Gasteiger partial charge in [0.1, 0.15) is 11.5 Å². The van der Waals surface area contributed by atoms with Crippen molar-refractivity contribution in [1.29, 1.82) is 0 Å². The van der Waals surface area contributed by atoms with Gasteiger partial charge in [-0.05, 0) is 43.9 Å². The van der Waals surface area contributed by atoms with Crippen molar-refractivity contribution >= 4 is 5.91 Å². The second kappa shape index (κ2) is 8.94. The molecule has 2 aromatic carbocycles. The highest BCUT2D eigenvalue weighted by Gasteiger charge is 2.25. The normalized spacial score (nSPS) is 12.0. The van der Waals surface area contributed by atoms with Crippen molar-refractivity contribution in [2.24, 2.45) is 0 Å². The Morgan fingerprint density at radius 2 is 1.89 bits per heavy atom. The van der Waals surface area contributed by atoms with Gasteiger partial charge in [-0.3, -0.25) is 4.79 Å². The lowest BCUT2D eigenvalue weighted by molar-refractivity contribution is -0.129. The lowest BCUT2D eigenvalue weighted by Gasteiger charge is -2.28. The molecule has 1 unspecified atom stereocenters. The Morgan fingerprint density at radius 1 is 1.19 bits per heavy atom. The Balaban J connectivity index is 2.64. The van der Waals surface area contributed by atoms with Gasteiger partial charge < -0.3 is 15.1 Å². The first-order valence-electron chi connectivity index (χ1n) is 9.66. The Labute approximate surface area is 162 Å². The van der Waals surface area contributed by atoms with Gasteiger partial charge in [-0.1, -0.05) is 49.6 Å². The number of nitrogens with zero attached hydrogens (tertiary/aromatic N) is 1. The number of carbonyl (C=O) groups is 1. The van der Waals surface area contributed by atoms with Crippen molar-refractivity contribution in [3.8, 4) is 22.6 Å². The summed E-state index contributed by atoms with van der Waals surface area (Å²) in [5.74, 6) is 0.0744.